The van der Waals surface area contributed by atoms with Gasteiger partial charge in [-0.05, 0) is 80.8 Å². The second kappa shape index (κ2) is 6.05. The third-order valence-corrected chi connectivity index (χ3v) is 6.58. The molecule has 4 aliphatic rings. The van der Waals surface area contributed by atoms with Gasteiger partial charge in [0.05, 0.1) is 0 Å². The standard InChI is InChI=1S/C20H26FNO2/c1-13(20-9-14-6-15(10-20)8-16(7-14)11-20)22-19(23)12-24-18-5-3-2-4-17(18)21/h2-5,13-16H,6-12H2,1H3,(H,22,23). The summed E-state index contributed by atoms with van der Waals surface area (Å²) < 4.78 is 18.9. The number of rotatable bonds is 5. The first-order valence-electron chi connectivity index (χ1n) is 9.21. The van der Waals surface area contributed by atoms with Gasteiger partial charge in [-0.15, -0.1) is 0 Å². The predicted octanol–water partition coefficient (Wildman–Crippen LogP) is 3.93. The van der Waals surface area contributed by atoms with Crippen LogP contribution in [-0.4, -0.2) is 18.6 Å². The van der Waals surface area contributed by atoms with Gasteiger partial charge in [0.1, 0.15) is 0 Å². The van der Waals surface area contributed by atoms with Gasteiger partial charge in [-0.1, -0.05) is 12.1 Å². The highest BCUT2D eigenvalue weighted by molar-refractivity contribution is 5.77. The summed E-state index contributed by atoms with van der Waals surface area (Å²) in [5, 5.41) is 3.14. The van der Waals surface area contributed by atoms with Crippen molar-refractivity contribution < 1.29 is 13.9 Å². The van der Waals surface area contributed by atoms with Gasteiger partial charge in [-0.25, -0.2) is 4.39 Å². The fourth-order valence-electron chi connectivity index (χ4n) is 5.85. The first-order chi connectivity index (χ1) is 11.5. The summed E-state index contributed by atoms with van der Waals surface area (Å²) in [5.41, 5.74) is 0.280. The molecule has 130 valence electrons. The third-order valence-electron chi connectivity index (χ3n) is 6.58. The van der Waals surface area contributed by atoms with E-state index in [0.717, 1.165) is 17.8 Å². The van der Waals surface area contributed by atoms with Gasteiger partial charge in [0, 0.05) is 6.04 Å². The maximum atomic E-state index is 13.6. The lowest BCUT2D eigenvalue weighted by Crippen LogP contribution is -2.56. The van der Waals surface area contributed by atoms with E-state index in [1.54, 1.807) is 18.2 Å². The number of carbonyl (C=O) groups is 1. The van der Waals surface area contributed by atoms with Crippen molar-refractivity contribution in [3.63, 3.8) is 0 Å². The molecule has 1 amide bonds. The van der Waals surface area contributed by atoms with E-state index in [1.165, 1.54) is 44.6 Å². The average molecular weight is 331 g/mol. The first kappa shape index (κ1) is 15.9. The van der Waals surface area contributed by atoms with Crippen molar-refractivity contribution in [2.45, 2.75) is 51.5 Å². The minimum absolute atomic E-state index is 0.127. The Kier molecular flexibility index (Phi) is 4.01. The van der Waals surface area contributed by atoms with Crippen molar-refractivity contribution >= 4 is 5.91 Å². The molecular weight excluding hydrogens is 305 g/mol. The van der Waals surface area contributed by atoms with E-state index in [1.807, 2.05) is 0 Å². The monoisotopic (exact) mass is 331 g/mol. The van der Waals surface area contributed by atoms with E-state index in [2.05, 4.69) is 12.2 Å². The topological polar surface area (TPSA) is 38.3 Å². The molecule has 4 fully saturated rings. The Hall–Kier alpha value is -1.58. The summed E-state index contributed by atoms with van der Waals surface area (Å²) in [7, 11) is 0. The molecule has 24 heavy (non-hydrogen) atoms. The van der Waals surface area contributed by atoms with Crippen LogP contribution in [0.15, 0.2) is 24.3 Å². The minimum Gasteiger partial charge on any atom is -0.481 e. The van der Waals surface area contributed by atoms with Crippen LogP contribution < -0.4 is 10.1 Å². The number of hydrogen-bond donors (Lipinski definition) is 1. The lowest BCUT2D eigenvalue weighted by molar-refractivity contribution is -0.127. The molecule has 1 unspecified atom stereocenters. The SMILES string of the molecule is CC(NC(=O)COc1ccccc1F)C12CC3CC(CC(C3)C1)C2. The fourth-order valence-corrected chi connectivity index (χ4v) is 5.85. The molecule has 3 nitrogen and oxygen atoms in total. The van der Waals surface area contributed by atoms with E-state index in [9.17, 15) is 9.18 Å². The molecule has 4 saturated carbocycles. The van der Waals surface area contributed by atoms with Gasteiger partial charge in [0.25, 0.3) is 5.91 Å². The van der Waals surface area contributed by atoms with Crippen molar-refractivity contribution in [2.75, 3.05) is 6.61 Å². The van der Waals surface area contributed by atoms with Crippen LogP contribution >= 0.6 is 0 Å². The Labute approximate surface area is 143 Å². The third kappa shape index (κ3) is 2.91. The number of amides is 1. The predicted molar refractivity (Wildman–Crippen MR) is 90.1 cm³/mol. The molecule has 4 aliphatic carbocycles. The zero-order valence-electron chi connectivity index (χ0n) is 14.3. The Morgan fingerprint density at radius 2 is 1.79 bits per heavy atom. The molecule has 0 heterocycles. The maximum absolute atomic E-state index is 13.6. The van der Waals surface area contributed by atoms with Gasteiger partial charge < -0.3 is 10.1 Å². The molecule has 1 N–H and O–H groups in total. The van der Waals surface area contributed by atoms with Crippen LogP contribution in [0.1, 0.15) is 45.4 Å². The summed E-state index contributed by atoms with van der Waals surface area (Å²) in [6.45, 7) is 2.02. The number of ether oxygens (including phenoxy) is 1. The van der Waals surface area contributed by atoms with Crippen LogP contribution in [0.3, 0.4) is 0 Å². The fraction of sp³-hybridized carbons (Fsp3) is 0.650. The molecule has 5 rings (SSSR count). The van der Waals surface area contributed by atoms with Crippen molar-refractivity contribution in [3.8, 4) is 5.75 Å². The van der Waals surface area contributed by atoms with Crippen LogP contribution in [0.2, 0.25) is 0 Å². The number of para-hydroxylation sites is 1. The molecule has 1 aromatic carbocycles. The van der Waals surface area contributed by atoms with Gasteiger partial charge in [0.15, 0.2) is 18.2 Å². The molecule has 4 heteroatoms. The Bertz CT molecular complexity index is 595. The number of hydrogen-bond acceptors (Lipinski definition) is 2. The van der Waals surface area contributed by atoms with Crippen LogP contribution in [0, 0.1) is 29.0 Å². The quantitative estimate of drug-likeness (QED) is 0.888. The summed E-state index contributed by atoms with van der Waals surface area (Å²) in [4.78, 5) is 12.3. The normalized spacial score (nSPS) is 34.8. The highest BCUT2D eigenvalue weighted by atomic mass is 19.1. The lowest BCUT2D eigenvalue weighted by Gasteiger charge is -2.59. The Balaban J connectivity index is 1.35. The van der Waals surface area contributed by atoms with Crippen LogP contribution in [-0.2, 0) is 4.79 Å². The highest BCUT2D eigenvalue weighted by Gasteiger charge is 2.53. The van der Waals surface area contributed by atoms with E-state index in [4.69, 9.17) is 4.74 Å². The summed E-state index contributed by atoms with van der Waals surface area (Å²) in [5.74, 6) is 2.15. The minimum atomic E-state index is -0.431. The molecule has 0 aromatic heterocycles. The van der Waals surface area contributed by atoms with Crippen molar-refractivity contribution in [3.05, 3.63) is 30.1 Å². The van der Waals surface area contributed by atoms with Crippen LogP contribution in [0.5, 0.6) is 5.75 Å². The highest BCUT2D eigenvalue weighted by Crippen LogP contribution is 2.61. The van der Waals surface area contributed by atoms with E-state index in [0.29, 0.717) is 0 Å². The van der Waals surface area contributed by atoms with Crippen molar-refractivity contribution in [2.24, 2.45) is 23.2 Å². The zero-order valence-corrected chi connectivity index (χ0v) is 14.3. The van der Waals surface area contributed by atoms with Gasteiger partial charge >= 0.3 is 0 Å². The summed E-state index contributed by atoms with van der Waals surface area (Å²) in [6.07, 6.45) is 7.97. The van der Waals surface area contributed by atoms with Crippen LogP contribution in [0.25, 0.3) is 0 Å². The second-order valence-corrected chi connectivity index (χ2v) is 8.29. The maximum Gasteiger partial charge on any atom is 0.258 e. The zero-order chi connectivity index (χ0) is 16.7. The van der Waals surface area contributed by atoms with Crippen molar-refractivity contribution in [1.29, 1.82) is 0 Å². The lowest BCUT2D eigenvalue weighted by atomic mass is 9.48. The Morgan fingerprint density at radius 1 is 1.21 bits per heavy atom. The molecule has 4 bridgehead atoms. The molecule has 0 saturated heterocycles. The van der Waals surface area contributed by atoms with Crippen molar-refractivity contribution in [1.82, 2.24) is 5.32 Å². The molecule has 0 spiro atoms. The van der Waals surface area contributed by atoms with Crippen LogP contribution in [0.4, 0.5) is 4.39 Å². The number of halogens is 1. The largest absolute Gasteiger partial charge is 0.481 e. The Morgan fingerprint density at radius 3 is 2.38 bits per heavy atom. The van der Waals surface area contributed by atoms with E-state index in [-0.39, 0.29) is 29.7 Å². The van der Waals surface area contributed by atoms with Gasteiger partial charge in [-0.2, -0.15) is 0 Å². The summed E-state index contributed by atoms with van der Waals surface area (Å²) in [6, 6.07) is 6.37. The molecular formula is C20H26FNO2. The number of carbonyl (C=O) groups excluding carboxylic acids is 1. The average Bonchev–Trinajstić information content (AvgIpc) is 2.53. The number of benzene rings is 1. The van der Waals surface area contributed by atoms with Gasteiger partial charge in [-0.3, -0.25) is 4.79 Å². The van der Waals surface area contributed by atoms with Gasteiger partial charge in [0.2, 0.25) is 0 Å². The first-order valence-corrected chi connectivity index (χ1v) is 9.21. The van der Waals surface area contributed by atoms with E-state index >= 15 is 0 Å². The smallest absolute Gasteiger partial charge is 0.258 e. The second-order valence-electron chi connectivity index (χ2n) is 8.29. The molecule has 1 atom stereocenters. The summed E-state index contributed by atoms with van der Waals surface area (Å²) >= 11 is 0. The number of nitrogens with one attached hydrogen (secondary N) is 1. The molecule has 1 aromatic rings. The molecule has 0 aliphatic heterocycles. The van der Waals surface area contributed by atoms with E-state index < -0.39 is 5.82 Å². The molecule has 0 radical (unpaired) electrons.